The van der Waals surface area contributed by atoms with Gasteiger partial charge in [0.25, 0.3) is 0 Å². The molecule has 0 saturated heterocycles. The summed E-state index contributed by atoms with van der Waals surface area (Å²) in [5.74, 6) is 1.95. The molecule has 0 aromatic carbocycles. The predicted molar refractivity (Wildman–Crippen MR) is 77.7 cm³/mol. The summed E-state index contributed by atoms with van der Waals surface area (Å²) in [5.41, 5.74) is -0.415. The van der Waals surface area contributed by atoms with E-state index in [1.165, 1.54) is 19.3 Å². The average Bonchev–Trinajstić information content (AvgIpc) is 2.38. The molecule has 1 heterocycles. The molecule has 0 amide bonds. The fraction of sp³-hybridized carbons (Fsp3) is 0.714. The van der Waals surface area contributed by atoms with Crippen molar-refractivity contribution in [1.29, 1.82) is 0 Å². The second kappa shape index (κ2) is 6.06. The number of aliphatic hydroxyl groups is 1. The zero-order chi connectivity index (χ0) is 13.9. The highest BCUT2D eigenvalue weighted by molar-refractivity contribution is 6.29. The maximum absolute atomic E-state index is 9.30. The zero-order valence-electron chi connectivity index (χ0n) is 11.6. The first-order chi connectivity index (χ1) is 9.00. The Hall–Kier alpha value is -0.870. The van der Waals surface area contributed by atoms with Crippen molar-refractivity contribution in [3.8, 4) is 0 Å². The van der Waals surface area contributed by atoms with Crippen molar-refractivity contribution < 1.29 is 5.11 Å². The second-order valence-electron chi connectivity index (χ2n) is 5.94. The van der Waals surface area contributed by atoms with Crippen molar-refractivity contribution in [2.75, 3.05) is 11.9 Å². The van der Waals surface area contributed by atoms with Crippen LogP contribution >= 0.6 is 11.6 Å². The van der Waals surface area contributed by atoms with Crippen molar-refractivity contribution in [1.82, 2.24) is 9.97 Å². The van der Waals surface area contributed by atoms with Crippen LogP contribution in [0, 0.1) is 0 Å². The van der Waals surface area contributed by atoms with Gasteiger partial charge in [0.2, 0.25) is 0 Å². The molecule has 0 spiro atoms. The van der Waals surface area contributed by atoms with Crippen LogP contribution < -0.4 is 5.32 Å². The number of rotatable bonds is 4. The average molecular weight is 284 g/mol. The van der Waals surface area contributed by atoms with E-state index in [1.807, 2.05) is 13.8 Å². The summed E-state index contributed by atoms with van der Waals surface area (Å²) in [5, 5.41) is 13.0. The molecule has 1 aromatic rings. The monoisotopic (exact) mass is 283 g/mol. The fourth-order valence-corrected chi connectivity index (χ4v) is 2.62. The van der Waals surface area contributed by atoms with E-state index in [1.54, 1.807) is 6.07 Å². The fourth-order valence-electron chi connectivity index (χ4n) is 2.43. The van der Waals surface area contributed by atoms with Gasteiger partial charge < -0.3 is 10.4 Å². The van der Waals surface area contributed by atoms with E-state index in [4.69, 9.17) is 11.6 Å². The van der Waals surface area contributed by atoms with Gasteiger partial charge in [0.05, 0.1) is 12.1 Å². The summed E-state index contributed by atoms with van der Waals surface area (Å²) < 4.78 is 0. The Morgan fingerprint density at radius 2 is 2.00 bits per heavy atom. The number of nitrogens with one attached hydrogen (secondary N) is 1. The third-order valence-electron chi connectivity index (χ3n) is 3.54. The molecule has 0 bridgehead atoms. The van der Waals surface area contributed by atoms with Gasteiger partial charge in [-0.25, -0.2) is 9.97 Å². The van der Waals surface area contributed by atoms with E-state index in [0.29, 0.717) is 16.9 Å². The molecule has 0 atom stereocenters. The molecule has 0 aliphatic heterocycles. The SMILES string of the molecule is CC(C)(CO)Nc1cc(Cl)nc(C2CCCCC2)n1. The molecular formula is C14H22ClN3O. The Bertz CT molecular complexity index is 431. The summed E-state index contributed by atoms with van der Waals surface area (Å²) in [6.45, 7) is 3.87. The van der Waals surface area contributed by atoms with Crippen LogP contribution in [0.1, 0.15) is 57.7 Å². The highest BCUT2D eigenvalue weighted by Crippen LogP contribution is 2.32. The first-order valence-corrected chi connectivity index (χ1v) is 7.31. The standard InChI is InChI=1S/C14H22ClN3O/c1-14(2,9-19)18-12-8-11(15)16-13(17-12)10-6-4-3-5-7-10/h8,10,19H,3-7,9H2,1-2H3,(H,16,17,18). The van der Waals surface area contributed by atoms with E-state index in [-0.39, 0.29) is 6.61 Å². The third kappa shape index (κ3) is 4.05. The van der Waals surface area contributed by atoms with Crippen LogP contribution in [0.4, 0.5) is 5.82 Å². The van der Waals surface area contributed by atoms with Crippen molar-refractivity contribution in [3.05, 3.63) is 17.0 Å². The van der Waals surface area contributed by atoms with Crippen molar-refractivity contribution in [2.45, 2.75) is 57.4 Å². The maximum atomic E-state index is 9.30. The van der Waals surface area contributed by atoms with Crippen LogP contribution in [0.3, 0.4) is 0 Å². The normalized spacial score (nSPS) is 17.5. The lowest BCUT2D eigenvalue weighted by molar-refractivity contribution is 0.234. The van der Waals surface area contributed by atoms with Crippen molar-refractivity contribution >= 4 is 17.4 Å². The summed E-state index contributed by atoms with van der Waals surface area (Å²) in [7, 11) is 0. The number of hydrogen-bond acceptors (Lipinski definition) is 4. The van der Waals surface area contributed by atoms with Gasteiger partial charge in [0.1, 0.15) is 16.8 Å². The first kappa shape index (κ1) is 14.5. The molecular weight excluding hydrogens is 262 g/mol. The van der Waals surface area contributed by atoms with E-state index in [0.717, 1.165) is 18.7 Å². The van der Waals surface area contributed by atoms with Crippen LogP contribution in [0.25, 0.3) is 0 Å². The van der Waals surface area contributed by atoms with Gasteiger partial charge in [-0.3, -0.25) is 0 Å². The molecule has 1 saturated carbocycles. The number of anilines is 1. The molecule has 2 rings (SSSR count). The van der Waals surface area contributed by atoms with Gasteiger partial charge in [-0.05, 0) is 26.7 Å². The molecule has 1 fully saturated rings. The molecule has 5 heteroatoms. The van der Waals surface area contributed by atoms with Crippen molar-refractivity contribution in [3.63, 3.8) is 0 Å². The molecule has 1 aliphatic carbocycles. The van der Waals surface area contributed by atoms with E-state index >= 15 is 0 Å². The van der Waals surface area contributed by atoms with Gasteiger partial charge in [-0.2, -0.15) is 0 Å². The molecule has 106 valence electrons. The van der Waals surface area contributed by atoms with Gasteiger partial charge in [-0.1, -0.05) is 30.9 Å². The minimum absolute atomic E-state index is 0.0351. The third-order valence-corrected chi connectivity index (χ3v) is 3.74. The number of aliphatic hydroxyl groups excluding tert-OH is 1. The molecule has 19 heavy (non-hydrogen) atoms. The van der Waals surface area contributed by atoms with Crippen LogP contribution in [0.5, 0.6) is 0 Å². The molecule has 1 aliphatic rings. The predicted octanol–water partition coefficient (Wildman–Crippen LogP) is 3.36. The molecule has 2 N–H and O–H groups in total. The Morgan fingerprint density at radius 1 is 1.32 bits per heavy atom. The lowest BCUT2D eigenvalue weighted by Crippen LogP contribution is -2.35. The van der Waals surface area contributed by atoms with Gasteiger partial charge in [0, 0.05) is 12.0 Å². The van der Waals surface area contributed by atoms with E-state index in [9.17, 15) is 5.11 Å². The smallest absolute Gasteiger partial charge is 0.135 e. The molecule has 4 nitrogen and oxygen atoms in total. The van der Waals surface area contributed by atoms with Crippen LogP contribution in [-0.2, 0) is 0 Å². The summed E-state index contributed by atoms with van der Waals surface area (Å²) in [6.07, 6.45) is 6.07. The summed E-state index contributed by atoms with van der Waals surface area (Å²) >= 11 is 6.09. The highest BCUT2D eigenvalue weighted by atomic mass is 35.5. The van der Waals surface area contributed by atoms with E-state index in [2.05, 4.69) is 15.3 Å². The van der Waals surface area contributed by atoms with Gasteiger partial charge in [-0.15, -0.1) is 0 Å². The minimum Gasteiger partial charge on any atom is -0.394 e. The highest BCUT2D eigenvalue weighted by Gasteiger charge is 2.21. The van der Waals surface area contributed by atoms with Crippen LogP contribution in [-0.4, -0.2) is 27.2 Å². The van der Waals surface area contributed by atoms with Gasteiger partial charge in [0.15, 0.2) is 0 Å². The second-order valence-corrected chi connectivity index (χ2v) is 6.32. The lowest BCUT2D eigenvalue weighted by atomic mass is 9.89. The molecule has 0 unspecified atom stereocenters. The van der Waals surface area contributed by atoms with E-state index < -0.39 is 5.54 Å². The van der Waals surface area contributed by atoms with Gasteiger partial charge >= 0.3 is 0 Å². The number of aromatic nitrogens is 2. The summed E-state index contributed by atoms with van der Waals surface area (Å²) in [4.78, 5) is 8.94. The lowest BCUT2D eigenvalue weighted by Gasteiger charge is -2.25. The maximum Gasteiger partial charge on any atom is 0.135 e. The summed E-state index contributed by atoms with van der Waals surface area (Å²) in [6, 6.07) is 1.71. The zero-order valence-corrected chi connectivity index (χ0v) is 12.4. The quantitative estimate of drug-likeness (QED) is 0.832. The molecule has 0 radical (unpaired) electrons. The number of halogens is 1. The van der Waals surface area contributed by atoms with Crippen LogP contribution in [0.15, 0.2) is 6.07 Å². The van der Waals surface area contributed by atoms with Crippen molar-refractivity contribution in [2.24, 2.45) is 0 Å². The topological polar surface area (TPSA) is 58.0 Å². The Morgan fingerprint density at radius 3 is 2.63 bits per heavy atom. The molecule has 1 aromatic heterocycles. The Labute approximate surface area is 119 Å². The Balaban J connectivity index is 2.19. The first-order valence-electron chi connectivity index (χ1n) is 6.94. The number of nitrogens with zero attached hydrogens (tertiary/aromatic N) is 2. The minimum atomic E-state index is -0.415. The Kier molecular flexibility index (Phi) is 4.63. The number of hydrogen-bond donors (Lipinski definition) is 2. The largest absolute Gasteiger partial charge is 0.394 e. The van der Waals surface area contributed by atoms with Crippen LogP contribution in [0.2, 0.25) is 5.15 Å².